The van der Waals surface area contributed by atoms with Gasteiger partial charge in [-0.2, -0.15) is 0 Å². The lowest BCUT2D eigenvalue weighted by atomic mass is 10.2. The summed E-state index contributed by atoms with van der Waals surface area (Å²) in [4.78, 5) is 23.9. The number of para-hydroxylation sites is 2. The van der Waals surface area contributed by atoms with Gasteiger partial charge in [-0.25, -0.2) is 0 Å². The lowest BCUT2D eigenvalue weighted by Gasteiger charge is -2.15. The molecule has 3 N–H and O–H groups in total. The van der Waals surface area contributed by atoms with Crippen LogP contribution in [0.25, 0.3) is 0 Å². The molecule has 0 aromatic heterocycles. The SMILES string of the molecule is CCCC(=O)Nc1cccc(NC(=O)CNc2ccccc2OC(C)C)c1. The number of anilines is 3. The summed E-state index contributed by atoms with van der Waals surface area (Å²) in [7, 11) is 0. The van der Waals surface area contributed by atoms with Crippen molar-refractivity contribution in [3.05, 3.63) is 48.5 Å². The minimum Gasteiger partial charge on any atom is -0.489 e. The van der Waals surface area contributed by atoms with E-state index < -0.39 is 0 Å². The van der Waals surface area contributed by atoms with Crippen molar-refractivity contribution in [3.63, 3.8) is 0 Å². The topological polar surface area (TPSA) is 79.5 Å². The first kappa shape index (κ1) is 20.3. The number of carbonyl (C=O) groups excluding carboxylic acids is 2. The molecular weight excluding hydrogens is 342 g/mol. The van der Waals surface area contributed by atoms with Gasteiger partial charge < -0.3 is 20.7 Å². The van der Waals surface area contributed by atoms with Gasteiger partial charge in [0, 0.05) is 17.8 Å². The van der Waals surface area contributed by atoms with Crippen molar-refractivity contribution in [3.8, 4) is 5.75 Å². The van der Waals surface area contributed by atoms with Crippen LogP contribution < -0.4 is 20.7 Å². The first-order valence-electron chi connectivity index (χ1n) is 9.17. The second kappa shape index (κ2) is 10.2. The molecule has 0 spiro atoms. The van der Waals surface area contributed by atoms with Crippen molar-refractivity contribution < 1.29 is 14.3 Å². The van der Waals surface area contributed by atoms with E-state index in [0.29, 0.717) is 23.5 Å². The van der Waals surface area contributed by atoms with Crippen molar-refractivity contribution in [2.75, 3.05) is 22.5 Å². The number of ether oxygens (including phenoxy) is 1. The molecule has 0 aliphatic heterocycles. The predicted molar refractivity (Wildman–Crippen MR) is 109 cm³/mol. The normalized spacial score (nSPS) is 10.4. The van der Waals surface area contributed by atoms with E-state index in [1.807, 2.05) is 45.0 Å². The number of nitrogens with one attached hydrogen (secondary N) is 3. The zero-order valence-electron chi connectivity index (χ0n) is 16.0. The fraction of sp³-hybridized carbons (Fsp3) is 0.333. The van der Waals surface area contributed by atoms with Gasteiger partial charge in [0.1, 0.15) is 5.75 Å². The molecule has 2 amide bonds. The van der Waals surface area contributed by atoms with Gasteiger partial charge in [0.2, 0.25) is 11.8 Å². The maximum atomic E-state index is 12.3. The quantitative estimate of drug-likeness (QED) is 0.617. The Morgan fingerprint density at radius 1 is 0.963 bits per heavy atom. The number of rotatable bonds is 9. The van der Waals surface area contributed by atoms with E-state index in [9.17, 15) is 9.59 Å². The molecule has 0 saturated heterocycles. The molecule has 0 radical (unpaired) electrons. The Morgan fingerprint density at radius 2 is 1.63 bits per heavy atom. The van der Waals surface area contributed by atoms with Gasteiger partial charge in [-0.3, -0.25) is 9.59 Å². The van der Waals surface area contributed by atoms with E-state index in [2.05, 4.69) is 16.0 Å². The van der Waals surface area contributed by atoms with Crippen LogP contribution in [0.1, 0.15) is 33.6 Å². The fourth-order valence-corrected chi connectivity index (χ4v) is 2.48. The molecule has 2 aromatic carbocycles. The smallest absolute Gasteiger partial charge is 0.243 e. The van der Waals surface area contributed by atoms with Gasteiger partial charge >= 0.3 is 0 Å². The van der Waals surface area contributed by atoms with E-state index in [1.54, 1.807) is 24.3 Å². The Bertz CT molecular complexity index is 775. The second-order valence-electron chi connectivity index (χ2n) is 6.44. The van der Waals surface area contributed by atoms with Crippen molar-refractivity contribution in [1.29, 1.82) is 0 Å². The molecule has 0 fully saturated rings. The number of carbonyl (C=O) groups is 2. The van der Waals surface area contributed by atoms with Crippen molar-refractivity contribution in [2.45, 2.75) is 39.7 Å². The molecule has 144 valence electrons. The molecule has 0 saturated carbocycles. The zero-order valence-corrected chi connectivity index (χ0v) is 16.0. The first-order chi connectivity index (χ1) is 13.0. The standard InChI is InChI=1S/C21H27N3O3/c1-4-8-20(25)23-16-9-7-10-17(13-16)24-21(26)14-22-18-11-5-6-12-19(18)27-15(2)3/h5-7,9-13,15,22H,4,8,14H2,1-3H3,(H,23,25)(H,24,26). The van der Waals surface area contributed by atoms with Crippen molar-refractivity contribution >= 4 is 28.9 Å². The Morgan fingerprint density at radius 3 is 2.30 bits per heavy atom. The minimum absolute atomic E-state index is 0.0376. The fourth-order valence-electron chi connectivity index (χ4n) is 2.48. The van der Waals surface area contributed by atoms with E-state index in [4.69, 9.17) is 4.74 Å². The summed E-state index contributed by atoms with van der Waals surface area (Å²) < 4.78 is 5.73. The summed E-state index contributed by atoms with van der Waals surface area (Å²) in [5, 5.41) is 8.74. The van der Waals surface area contributed by atoms with Crippen LogP contribution in [0.15, 0.2) is 48.5 Å². The third-order valence-corrected chi connectivity index (χ3v) is 3.60. The first-order valence-corrected chi connectivity index (χ1v) is 9.17. The summed E-state index contributed by atoms with van der Waals surface area (Å²) in [6, 6.07) is 14.6. The summed E-state index contributed by atoms with van der Waals surface area (Å²) in [6.07, 6.45) is 1.31. The summed E-state index contributed by atoms with van der Waals surface area (Å²) in [6.45, 7) is 5.96. The van der Waals surface area contributed by atoms with E-state index in [1.165, 1.54) is 0 Å². The molecular formula is C21H27N3O3. The largest absolute Gasteiger partial charge is 0.489 e. The van der Waals surface area contributed by atoms with Gasteiger partial charge in [-0.05, 0) is 50.6 Å². The molecule has 0 bridgehead atoms. The Hall–Kier alpha value is -3.02. The van der Waals surface area contributed by atoms with E-state index in [0.717, 1.165) is 12.1 Å². The van der Waals surface area contributed by atoms with Gasteiger partial charge in [0.15, 0.2) is 0 Å². The molecule has 0 unspecified atom stereocenters. The third kappa shape index (κ3) is 7.01. The van der Waals surface area contributed by atoms with Crippen molar-refractivity contribution in [1.82, 2.24) is 0 Å². The number of amides is 2. The highest BCUT2D eigenvalue weighted by Gasteiger charge is 2.08. The van der Waals surface area contributed by atoms with E-state index in [-0.39, 0.29) is 24.5 Å². The monoisotopic (exact) mass is 369 g/mol. The predicted octanol–water partition coefficient (Wildman–Crippen LogP) is 4.26. The Balaban J connectivity index is 1.92. The van der Waals surface area contributed by atoms with Gasteiger partial charge in [-0.15, -0.1) is 0 Å². The Labute approximate surface area is 160 Å². The zero-order chi connectivity index (χ0) is 19.6. The lowest BCUT2D eigenvalue weighted by Crippen LogP contribution is -2.22. The molecule has 0 heterocycles. The average molecular weight is 369 g/mol. The number of hydrogen-bond acceptors (Lipinski definition) is 4. The van der Waals surface area contributed by atoms with Gasteiger partial charge in [-0.1, -0.05) is 25.1 Å². The van der Waals surface area contributed by atoms with Gasteiger partial charge in [0.05, 0.1) is 18.3 Å². The van der Waals surface area contributed by atoms with E-state index >= 15 is 0 Å². The highest BCUT2D eigenvalue weighted by Crippen LogP contribution is 2.24. The molecule has 6 heteroatoms. The van der Waals surface area contributed by atoms with Crippen LogP contribution in [0.3, 0.4) is 0 Å². The molecule has 0 aliphatic carbocycles. The second-order valence-corrected chi connectivity index (χ2v) is 6.44. The molecule has 27 heavy (non-hydrogen) atoms. The number of hydrogen-bond donors (Lipinski definition) is 3. The highest BCUT2D eigenvalue weighted by molar-refractivity contribution is 5.95. The van der Waals surface area contributed by atoms with Crippen LogP contribution in [-0.2, 0) is 9.59 Å². The van der Waals surface area contributed by atoms with Crippen LogP contribution in [0, 0.1) is 0 Å². The summed E-state index contributed by atoms with van der Waals surface area (Å²) in [5.74, 6) is 0.483. The van der Waals surface area contributed by atoms with Crippen molar-refractivity contribution in [2.24, 2.45) is 0 Å². The summed E-state index contributed by atoms with van der Waals surface area (Å²) in [5.41, 5.74) is 2.06. The molecule has 6 nitrogen and oxygen atoms in total. The van der Waals surface area contributed by atoms with Crippen LogP contribution in [-0.4, -0.2) is 24.5 Å². The molecule has 0 aliphatic rings. The number of benzene rings is 2. The highest BCUT2D eigenvalue weighted by atomic mass is 16.5. The average Bonchev–Trinajstić information content (AvgIpc) is 2.61. The molecule has 0 atom stereocenters. The lowest BCUT2D eigenvalue weighted by molar-refractivity contribution is -0.116. The maximum absolute atomic E-state index is 12.3. The molecule has 2 aromatic rings. The van der Waals surface area contributed by atoms with Crippen LogP contribution in [0.2, 0.25) is 0 Å². The van der Waals surface area contributed by atoms with Gasteiger partial charge in [0.25, 0.3) is 0 Å². The van der Waals surface area contributed by atoms with Crippen LogP contribution >= 0.6 is 0 Å². The summed E-state index contributed by atoms with van der Waals surface area (Å²) >= 11 is 0. The third-order valence-electron chi connectivity index (χ3n) is 3.60. The van der Waals surface area contributed by atoms with Crippen LogP contribution in [0.4, 0.5) is 17.1 Å². The minimum atomic E-state index is -0.189. The van der Waals surface area contributed by atoms with Crippen LogP contribution in [0.5, 0.6) is 5.75 Å². The Kier molecular flexibility index (Phi) is 7.67. The maximum Gasteiger partial charge on any atom is 0.243 e. The molecule has 2 rings (SSSR count).